The van der Waals surface area contributed by atoms with Crippen molar-refractivity contribution >= 4 is 10.0 Å². The van der Waals surface area contributed by atoms with Gasteiger partial charge in [-0.05, 0) is 68.5 Å². The molecule has 37 heavy (non-hydrogen) atoms. The molecule has 3 atom stereocenters. The van der Waals surface area contributed by atoms with Crippen LogP contribution in [-0.4, -0.2) is 63.1 Å². The molecule has 0 spiro atoms. The maximum Gasteiger partial charge on any atom is 0.243 e. The molecule has 2 aliphatic rings. The Hall–Kier alpha value is -2.51. The number of fused-ring (bicyclic) bond motifs is 1. The summed E-state index contributed by atoms with van der Waals surface area (Å²) in [6.07, 6.45) is 1.85. The van der Waals surface area contributed by atoms with Crippen molar-refractivity contribution in [1.82, 2.24) is 9.21 Å². The summed E-state index contributed by atoms with van der Waals surface area (Å²) in [5, 5.41) is 0. The average molecular weight is 519 g/mol. The monoisotopic (exact) mass is 518 g/mol. The van der Waals surface area contributed by atoms with Crippen molar-refractivity contribution in [1.29, 1.82) is 0 Å². The number of ether oxygens (including phenoxy) is 1. The lowest BCUT2D eigenvalue weighted by Gasteiger charge is -2.57. The van der Waals surface area contributed by atoms with E-state index in [4.69, 9.17) is 4.74 Å². The highest BCUT2D eigenvalue weighted by atomic mass is 32.2. The number of nitrogens with zero attached hydrogens (tertiary/aromatic N) is 2. The van der Waals surface area contributed by atoms with Crippen LogP contribution in [0.2, 0.25) is 0 Å². The smallest absolute Gasteiger partial charge is 0.243 e. The molecule has 6 heteroatoms. The van der Waals surface area contributed by atoms with Crippen LogP contribution in [-0.2, 0) is 14.8 Å². The van der Waals surface area contributed by atoms with E-state index in [2.05, 4.69) is 61.2 Å². The highest BCUT2D eigenvalue weighted by Crippen LogP contribution is 2.43. The largest absolute Gasteiger partial charge is 0.383 e. The van der Waals surface area contributed by atoms with Gasteiger partial charge in [0.05, 0.1) is 11.5 Å². The molecular weight excluding hydrogens is 480 g/mol. The van der Waals surface area contributed by atoms with Gasteiger partial charge in [-0.2, -0.15) is 4.31 Å². The quantitative estimate of drug-likeness (QED) is 0.430. The van der Waals surface area contributed by atoms with Gasteiger partial charge < -0.3 is 4.74 Å². The van der Waals surface area contributed by atoms with Crippen LogP contribution in [0.5, 0.6) is 0 Å². The molecular formula is C31H38N2O3S. The molecule has 3 aromatic carbocycles. The Kier molecular flexibility index (Phi) is 7.55. The molecule has 2 heterocycles. The standard InChI is InChI=1S/C31H38N2O3S/c1-22-17-23(2)19-27(18-22)25-11-13-26(14-12-25)31-28-20-32(15-7-8-16-33(28)29(31)21-36-4)37(34,35)30-10-6-5-9-24(30)3/h5-6,9-14,17-19,28-29,31H,7-8,15-16,20-21H2,1-4H3/t28-,29+,31?/m0/s1. The van der Waals surface area contributed by atoms with Crippen LogP contribution >= 0.6 is 0 Å². The lowest BCUT2D eigenvalue weighted by atomic mass is 9.74. The first-order valence-corrected chi connectivity index (χ1v) is 14.7. The molecule has 2 saturated heterocycles. The Labute approximate surface area is 222 Å². The van der Waals surface area contributed by atoms with E-state index in [0.29, 0.717) is 24.6 Å². The average Bonchev–Trinajstić information content (AvgIpc) is 2.85. The predicted molar refractivity (Wildman–Crippen MR) is 149 cm³/mol. The minimum absolute atomic E-state index is 0.131. The molecule has 1 unspecified atom stereocenters. The van der Waals surface area contributed by atoms with Gasteiger partial charge in [0.15, 0.2) is 0 Å². The molecule has 196 valence electrons. The van der Waals surface area contributed by atoms with Crippen LogP contribution < -0.4 is 0 Å². The van der Waals surface area contributed by atoms with E-state index in [1.54, 1.807) is 17.5 Å². The minimum atomic E-state index is -3.57. The summed E-state index contributed by atoms with van der Waals surface area (Å²) in [4.78, 5) is 2.90. The van der Waals surface area contributed by atoms with Crippen molar-refractivity contribution in [3.8, 4) is 11.1 Å². The number of benzene rings is 3. The van der Waals surface area contributed by atoms with Crippen molar-refractivity contribution in [2.75, 3.05) is 33.4 Å². The summed E-state index contributed by atoms with van der Waals surface area (Å²) >= 11 is 0. The molecule has 0 N–H and O–H groups in total. The fraction of sp³-hybridized carbons (Fsp3) is 0.419. The summed E-state index contributed by atoms with van der Waals surface area (Å²) in [6, 6.07) is 23.2. The van der Waals surface area contributed by atoms with Crippen molar-refractivity contribution in [3.05, 3.63) is 89.0 Å². The van der Waals surface area contributed by atoms with E-state index in [0.717, 1.165) is 24.9 Å². The molecule has 2 aliphatic heterocycles. The fourth-order valence-corrected chi connectivity index (χ4v) is 8.02. The Bertz CT molecular complexity index is 1330. The van der Waals surface area contributed by atoms with E-state index < -0.39 is 10.0 Å². The predicted octanol–water partition coefficient (Wildman–Crippen LogP) is 5.55. The van der Waals surface area contributed by atoms with Gasteiger partial charge in [0.2, 0.25) is 10.0 Å². The van der Waals surface area contributed by atoms with Crippen LogP contribution in [0.3, 0.4) is 0 Å². The fourth-order valence-electron chi connectivity index (χ4n) is 6.30. The SMILES string of the molecule is COC[C@@H]1C(c2ccc(-c3cc(C)cc(C)c3)cc2)[C@@H]2CN(S(=O)(=O)c3ccccc3C)CCCCN12. The Morgan fingerprint density at radius 2 is 1.54 bits per heavy atom. The Morgan fingerprint density at radius 1 is 0.865 bits per heavy atom. The topological polar surface area (TPSA) is 49.9 Å². The second-order valence-corrected chi connectivity index (χ2v) is 12.6. The minimum Gasteiger partial charge on any atom is -0.383 e. The second-order valence-electron chi connectivity index (χ2n) is 10.7. The molecule has 0 radical (unpaired) electrons. The van der Waals surface area contributed by atoms with E-state index in [9.17, 15) is 8.42 Å². The van der Waals surface area contributed by atoms with Gasteiger partial charge in [0, 0.05) is 38.2 Å². The van der Waals surface area contributed by atoms with Gasteiger partial charge in [-0.1, -0.05) is 71.8 Å². The highest BCUT2D eigenvalue weighted by molar-refractivity contribution is 7.89. The van der Waals surface area contributed by atoms with E-state index >= 15 is 0 Å². The number of sulfonamides is 1. The van der Waals surface area contributed by atoms with Gasteiger partial charge in [-0.3, -0.25) is 4.90 Å². The van der Waals surface area contributed by atoms with E-state index in [-0.39, 0.29) is 18.0 Å². The van der Waals surface area contributed by atoms with Gasteiger partial charge in [-0.25, -0.2) is 8.42 Å². The van der Waals surface area contributed by atoms with Crippen molar-refractivity contribution in [2.24, 2.45) is 0 Å². The Morgan fingerprint density at radius 3 is 2.22 bits per heavy atom. The summed E-state index contributed by atoms with van der Waals surface area (Å²) in [6.45, 7) is 8.83. The second kappa shape index (κ2) is 10.7. The molecule has 0 aromatic heterocycles. The van der Waals surface area contributed by atoms with E-state index in [1.807, 2.05) is 25.1 Å². The van der Waals surface area contributed by atoms with Gasteiger partial charge in [0.25, 0.3) is 0 Å². The van der Waals surface area contributed by atoms with Gasteiger partial charge in [0.1, 0.15) is 0 Å². The molecule has 0 saturated carbocycles. The first kappa shape index (κ1) is 26.1. The zero-order valence-electron chi connectivity index (χ0n) is 22.4. The lowest BCUT2D eigenvalue weighted by molar-refractivity contribution is -0.0635. The molecule has 0 aliphatic carbocycles. The summed E-state index contributed by atoms with van der Waals surface area (Å²) in [7, 11) is -1.81. The Balaban J connectivity index is 1.45. The maximum absolute atomic E-state index is 13.7. The van der Waals surface area contributed by atoms with Crippen molar-refractivity contribution < 1.29 is 13.2 Å². The third kappa shape index (κ3) is 5.13. The maximum atomic E-state index is 13.7. The zero-order chi connectivity index (χ0) is 26.2. The molecule has 3 aromatic rings. The molecule has 0 amide bonds. The lowest BCUT2D eigenvalue weighted by Crippen LogP contribution is -2.68. The molecule has 5 nitrogen and oxygen atoms in total. The van der Waals surface area contributed by atoms with Gasteiger partial charge >= 0.3 is 0 Å². The molecule has 2 fully saturated rings. The third-order valence-corrected chi connectivity index (χ3v) is 10.1. The van der Waals surface area contributed by atoms with Crippen molar-refractivity contribution in [3.63, 3.8) is 0 Å². The van der Waals surface area contributed by atoms with Crippen LogP contribution in [0.4, 0.5) is 0 Å². The first-order valence-electron chi connectivity index (χ1n) is 13.3. The molecule has 5 rings (SSSR count). The number of hydrogen-bond donors (Lipinski definition) is 0. The number of rotatable bonds is 6. The number of methoxy groups -OCH3 is 1. The van der Waals surface area contributed by atoms with E-state index in [1.165, 1.54) is 27.8 Å². The summed E-state index contributed by atoms with van der Waals surface area (Å²) < 4.78 is 34.8. The first-order chi connectivity index (χ1) is 17.8. The van der Waals surface area contributed by atoms with Crippen LogP contribution in [0.1, 0.15) is 41.0 Å². The zero-order valence-corrected chi connectivity index (χ0v) is 23.2. The van der Waals surface area contributed by atoms with Crippen LogP contribution in [0.25, 0.3) is 11.1 Å². The van der Waals surface area contributed by atoms with Gasteiger partial charge in [-0.15, -0.1) is 0 Å². The third-order valence-electron chi connectivity index (χ3n) is 8.05. The van der Waals surface area contributed by atoms with Crippen LogP contribution in [0, 0.1) is 20.8 Å². The summed E-state index contributed by atoms with van der Waals surface area (Å²) in [5.74, 6) is 0.223. The molecule has 0 bridgehead atoms. The van der Waals surface area contributed by atoms with Crippen LogP contribution in [0.15, 0.2) is 71.6 Å². The number of aryl methyl sites for hydroxylation is 3. The normalized spacial score (nSPS) is 23.1. The van der Waals surface area contributed by atoms with Crippen molar-refractivity contribution in [2.45, 2.75) is 56.5 Å². The summed E-state index contributed by atoms with van der Waals surface area (Å²) in [5.41, 5.74) is 7.01. The highest BCUT2D eigenvalue weighted by Gasteiger charge is 2.50. The number of hydrogen-bond acceptors (Lipinski definition) is 4.